The molecular formula is C28H29N3O5. The lowest BCUT2D eigenvalue weighted by Gasteiger charge is -2.44. The maximum Gasteiger partial charge on any atom is 0.270 e. The first-order valence-corrected chi connectivity index (χ1v) is 12.0. The summed E-state index contributed by atoms with van der Waals surface area (Å²) in [5.74, 6) is -0.0447. The lowest BCUT2D eigenvalue weighted by molar-refractivity contribution is -0.00936. The summed E-state index contributed by atoms with van der Waals surface area (Å²) >= 11 is 0. The van der Waals surface area contributed by atoms with Crippen LogP contribution in [0.4, 0.5) is 0 Å². The zero-order valence-corrected chi connectivity index (χ0v) is 20.3. The van der Waals surface area contributed by atoms with E-state index in [1.165, 1.54) is 13.2 Å². The van der Waals surface area contributed by atoms with Gasteiger partial charge in [0.2, 0.25) is 0 Å². The number of aromatic nitrogens is 1. The number of hydrogen-bond acceptors (Lipinski definition) is 6. The Hall–Kier alpha value is -3.91. The Labute approximate surface area is 209 Å². The maximum absolute atomic E-state index is 13.3. The summed E-state index contributed by atoms with van der Waals surface area (Å²) in [4.78, 5) is 32.2. The van der Waals surface area contributed by atoms with Gasteiger partial charge in [-0.2, -0.15) is 0 Å². The minimum Gasteiger partial charge on any atom is -0.507 e. The molecule has 2 amide bonds. The number of fused-ring (bicyclic) bond motifs is 2. The van der Waals surface area contributed by atoms with Crippen molar-refractivity contribution in [2.24, 2.45) is 0 Å². The van der Waals surface area contributed by atoms with Crippen LogP contribution in [0.1, 0.15) is 50.9 Å². The fourth-order valence-corrected chi connectivity index (χ4v) is 5.73. The van der Waals surface area contributed by atoms with Gasteiger partial charge in [-0.25, -0.2) is 0 Å². The highest BCUT2D eigenvalue weighted by atomic mass is 16.5. The number of nitrogens with zero attached hydrogens (tertiary/aromatic N) is 2. The van der Waals surface area contributed by atoms with E-state index in [9.17, 15) is 14.7 Å². The Morgan fingerprint density at radius 1 is 1.06 bits per heavy atom. The third-order valence-corrected chi connectivity index (χ3v) is 7.49. The van der Waals surface area contributed by atoms with Crippen molar-refractivity contribution in [3.05, 3.63) is 89.2 Å². The summed E-state index contributed by atoms with van der Waals surface area (Å²) in [6.45, 7) is 0.981. The van der Waals surface area contributed by atoms with Crippen LogP contribution in [0, 0.1) is 0 Å². The number of benzene rings is 2. The molecule has 1 fully saturated rings. The van der Waals surface area contributed by atoms with E-state index in [1.54, 1.807) is 48.5 Å². The molecule has 5 rings (SSSR count). The Bertz CT molecular complexity index is 1270. The van der Waals surface area contributed by atoms with Gasteiger partial charge in [-0.3, -0.25) is 14.6 Å². The predicted octanol–water partition coefficient (Wildman–Crippen LogP) is 3.47. The van der Waals surface area contributed by atoms with Crippen LogP contribution < -0.4 is 10.1 Å². The molecule has 1 saturated heterocycles. The first-order valence-electron chi connectivity index (χ1n) is 12.0. The highest BCUT2D eigenvalue weighted by molar-refractivity contribution is 5.97. The molecule has 2 heterocycles. The summed E-state index contributed by atoms with van der Waals surface area (Å²) in [6.07, 6.45) is 2.62. The third-order valence-electron chi connectivity index (χ3n) is 7.49. The molecule has 0 unspecified atom stereocenters. The molecule has 1 aliphatic heterocycles. The molecule has 0 saturated carbocycles. The van der Waals surface area contributed by atoms with Crippen molar-refractivity contribution in [2.45, 2.75) is 30.4 Å². The molecule has 0 radical (unpaired) electrons. The summed E-state index contributed by atoms with van der Waals surface area (Å²) in [5, 5.41) is 13.4. The number of nitrogens with one attached hydrogen (secondary N) is 1. The van der Waals surface area contributed by atoms with E-state index >= 15 is 0 Å². The molecule has 2 aliphatic rings. The van der Waals surface area contributed by atoms with E-state index in [-0.39, 0.29) is 40.7 Å². The second kappa shape index (κ2) is 9.62. The minimum absolute atomic E-state index is 0.0700. The molecule has 2 N–H and O–H groups in total. The minimum atomic E-state index is -0.361. The average Bonchev–Trinajstić information content (AvgIpc) is 3.17. The van der Waals surface area contributed by atoms with Gasteiger partial charge in [-0.05, 0) is 54.3 Å². The summed E-state index contributed by atoms with van der Waals surface area (Å²) in [7, 11) is 3.20. The number of rotatable bonds is 5. The highest BCUT2D eigenvalue weighted by Gasteiger charge is 2.54. The van der Waals surface area contributed by atoms with E-state index in [1.807, 2.05) is 18.2 Å². The van der Waals surface area contributed by atoms with Gasteiger partial charge in [0.1, 0.15) is 17.2 Å². The number of likely N-dealkylation sites (tertiary alicyclic amines) is 1. The number of phenolic OH excluding ortho intramolecular Hbond substituents is 1. The lowest BCUT2D eigenvalue weighted by Crippen LogP contribution is -2.51. The molecule has 2 atom stereocenters. The van der Waals surface area contributed by atoms with Gasteiger partial charge in [-0.15, -0.1) is 0 Å². The van der Waals surface area contributed by atoms with Crippen molar-refractivity contribution in [2.75, 3.05) is 27.3 Å². The number of hydrogen-bond donors (Lipinski definition) is 2. The predicted molar refractivity (Wildman–Crippen MR) is 133 cm³/mol. The van der Waals surface area contributed by atoms with E-state index in [0.29, 0.717) is 37.4 Å². The maximum atomic E-state index is 13.3. The zero-order chi connectivity index (χ0) is 25.3. The monoisotopic (exact) mass is 487 g/mol. The van der Waals surface area contributed by atoms with Crippen LogP contribution >= 0.6 is 0 Å². The largest absolute Gasteiger partial charge is 0.507 e. The number of carbonyl (C=O) groups excluding carboxylic acids is 2. The summed E-state index contributed by atoms with van der Waals surface area (Å²) < 4.78 is 11.3. The molecule has 1 spiro atoms. The second-order valence-electron chi connectivity index (χ2n) is 9.24. The Morgan fingerprint density at radius 2 is 1.81 bits per heavy atom. The van der Waals surface area contributed by atoms with Gasteiger partial charge in [-0.1, -0.05) is 30.3 Å². The molecule has 1 aliphatic carbocycles. The van der Waals surface area contributed by atoms with E-state index in [0.717, 1.165) is 11.1 Å². The third kappa shape index (κ3) is 3.97. The summed E-state index contributed by atoms with van der Waals surface area (Å²) in [6, 6.07) is 17.7. The number of ether oxygens (including phenoxy) is 2. The van der Waals surface area contributed by atoms with Gasteiger partial charge in [0.25, 0.3) is 11.8 Å². The van der Waals surface area contributed by atoms with Crippen molar-refractivity contribution in [3.63, 3.8) is 0 Å². The number of amides is 2. The van der Waals surface area contributed by atoms with Gasteiger partial charge >= 0.3 is 0 Å². The van der Waals surface area contributed by atoms with E-state index in [4.69, 9.17) is 9.47 Å². The normalized spacial score (nSPS) is 20.1. The molecular weight excluding hydrogens is 458 g/mol. The van der Waals surface area contributed by atoms with Crippen molar-refractivity contribution in [1.29, 1.82) is 0 Å². The van der Waals surface area contributed by atoms with Crippen LogP contribution in [0.2, 0.25) is 0 Å². The van der Waals surface area contributed by atoms with Crippen LogP contribution in [-0.2, 0) is 10.2 Å². The Morgan fingerprint density at radius 3 is 2.50 bits per heavy atom. The highest BCUT2D eigenvalue weighted by Crippen LogP contribution is 2.52. The van der Waals surface area contributed by atoms with Gasteiger partial charge in [0, 0.05) is 31.8 Å². The molecule has 0 bridgehead atoms. The fourth-order valence-electron chi connectivity index (χ4n) is 5.73. The first-order chi connectivity index (χ1) is 17.5. The van der Waals surface area contributed by atoms with Crippen LogP contribution in [0.15, 0.2) is 66.9 Å². The number of carbonyl (C=O) groups is 2. The molecule has 186 valence electrons. The SMILES string of the molecule is COc1ccc(O)c(C(=O)N2CCC3(CC2)c2ccccc2[C@@H](NC(=O)c2ccccn2)[C@@H]3OC)c1. The Kier molecular flexibility index (Phi) is 6.36. The topological polar surface area (TPSA) is 101 Å². The second-order valence-corrected chi connectivity index (χ2v) is 9.24. The molecule has 36 heavy (non-hydrogen) atoms. The summed E-state index contributed by atoms with van der Waals surface area (Å²) in [5.41, 5.74) is 2.38. The van der Waals surface area contributed by atoms with Gasteiger partial charge in [0.15, 0.2) is 0 Å². The zero-order valence-electron chi connectivity index (χ0n) is 20.3. The molecule has 8 nitrogen and oxygen atoms in total. The van der Waals surface area contributed by atoms with Crippen molar-refractivity contribution in [1.82, 2.24) is 15.2 Å². The average molecular weight is 488 g/mol. The van der Waals surface area contributed by atoms with Crippen molar-refractivity contribution in [3.8, 4) is 11.5 Å². The molecule has 8 heteroatoms. The van der Waals surface area contributed by atoms with Crippen LogP contribution in [0.3, 0.4) is 0 Å². The molecule has 2 aromatic carbocycles. The van der Waals surface area contributed by atoms with Crippen LogP contribution in [0.5, 0.6) is 11.5 Å². The quantitative estimate of drug-likeness (QED) is 0.572. The van der Waals surface area contributed by atoms with Crippen molar-refractivity contribution < 1.29 is 24.2 Å². The standard InChI is InChI=1S/C28H29N3O5/c1-35-18-10-11-23(32)20(17-18)27(34)31-15-12-28(13-16-31)21-8-4-3-7-19(21)24(25(28)36-2)30-26(33)22-9-5-6-14-29-22/h3-11,14,17,24-25,32H,12-13,15-16H2,1-2H3,(H,30,33)/t24-,25+/m1/s1. The number of aromatic hydroxyl groups is 1. The lowest BCUT2D eigenvalue weighted by atomic mass is 9.71. The smallest absolute Gasteiger partial charge is 0.270 e. The number of phenols is 1. The molecule has 3 aromatic rings. The van der Waals surface area contributed by atoms with Crippen LogP contribution in [0.25, 0.3) is 0 Å². The Balaban J connectivity index is 1.40. The van der Waals surface area contributed by atoms with Gasteiger partial charge < -0.3 is 24.8 Å². The van der Waals surface area contributed by atoms with E-state index in [2.05, 4.69) is 16.4 Å². The van der Waals surface area contributed by atoms with Crippen LogP contribution in [-0.4, -0.2) is 60.2 Å². The number of piperidine rings is 1. The fraction of sp³-hybridized carbons (Fsp3) is 0.321. The van der Waals surface area contributed by atoms with Gasteiger partial charge in [0.05, 0.1) is 24.8 Å². The first kappa shape index (κ1) is 23.8. The number of pyridine rings is 1. The number of methoxy groups -OCH3 is 2. The van der Waals surface area contributed by atoms with Crippen molar-refractivity contribution >= 4 is 11.8 Å². The van der Waals surface area contributed by atoms with E-state index < -0.39 is 0 Å². The molecule has 1 aromatic heterocycles.